The number of ether oxygens (including phenoxy) is 1. The van der Waals surface area contributed by atoms with Crippen molar-refractivity contribution in [2.24, 2.45) is 11.1 Å². The van der Waals surface area contributed by atoms with Gasteiger partial charge < -0.3 is 20.5 Å². The summed E-state index contributed by atoms with van der Waals surface area (Å²) in [6.07, 6.45) is 4.61. The van der Waals surface area contributed by atoms with Crippen LogP contribution < -0.4 is 5.73 Å². The number of likely N-dealkylation sites (tertiary alicyclic amines) is 1. The van der Waals surface area contributed by atoms with Crippen molar-refractivity contribution < 1.29 is 9.84 Å². The third-order valence-electron chi connectivity index (χ3n) is 4.87. The molecule has 4 nitrogen and oxygen atoms in total. The second-order valence-corrected chi connectivity index (χ2v) is 5.79. The van der Waals surface area contributed by atoms with Crippen LogP contribution in [0.3, 0.4) is 0 Å². The molecule has 2 rings (SSSR count). The van der Waals surface area contributed by atoms with E-state index in [1.165, 1.54) is 0 Å². The van der Waals surface area contributed by atoms with E-state index in [0.717, 1.165) is 58.4 Å². The van der Waals surface area contributed by atoms with Crippen LogP contribution in [0.25, 0.3) is 0 Å². The third kappa shape index (κ3) is 2.50. The minimum atomic E-state index is -0.587. The van der Waals surface area contributed by atoms with Crippen LogP contribution in [0.5, 0.6) is 0 Å². The minimum Gasteiger partial charge on any atom is -0.389 e. The van der Waals surface area contributed by atoms with Crippen molar-refractivity contribution in [2.45, 2.75) is 37.7 Å². The van der Waals surface area contributed by atoms with Crippen molar-refractivity contribution in [1.29, 1.82) is 0 Å². The Morgan fingerprint density at radius 3 is 2.53 bits per heavy atom. The lowest BCUT2D eigenvalue weighted by atomic mass is 9.64. The Morgan fingerprint density at radius 2 is 1.88 bits per heavy atom. The molecule has 2 saturated heterocycles. The molecule has 0 aromatic carbocycles. The van der Waals surface area contributed by atoms with Crippen LogP contribution in [0.2, 0.25) is 0 Å². The van der Waals surface area contributed by atoms with Gasteiger partial charge in [-0.25, -0.2) is 0 Å². The molecule has 2 heterocycles. The fourth-order valence-electron chi connectivity index (χ4n) is 3.41. The smallest absolute Gasteiger partial charge is 0.0730 e. The number of hydrogen-bond acceptors (Lipinski definition) is 4. The Bertz CT molecular complexity index is 254. The Balaban J connectivity index is 2.15. The Labute approximate surface area is 104 Å². The topological polar surface area (TPSA) is 58.7 Å². The van der Waals surface area contributed by atoms with Crippen LogP contribution >= 0.6 is 0 Å². The number of hydrogen-bond donors (Lipinski definition) is 2. The maximum absolute atomic E-state index is 11.1. The van der Waals surface area contributed by atoms with Gasteiger partial charge in [0.1, 0.15) is 0 Å². The van der Waals surface area contributed by atoms with Gasteiger partial charge in [0.15, 0.2) is 0 Å². The monoisotopic (exact) mass is 242 g/mol. The van der Waals surface area contributed by atoms with Crippen LogP contribution in [-0.2, 0) is 4.74 Å². The summed E-state index contributed by atoms with van der Waals surface area (Å²) in [5, 5.41) is 11.1. The average molecular weight is 242 g/mol. The molecule has 0 aromatic rings. The first-order valence-electron chi connectivity index (χ1n) is 6.81. The molecule has 2 fully saturated rings. The third-order valence-corrected chi connectivity index (χ3v) is 4.87. The predicted octanol–water partition coefficient (Wildman–Crippen LogP) is 0.589. The van der Waals surface area contributed by atoms with Gasteiger partial charge in [-0.2, -0.15) is 0 Å². The Hall–Kier alpha value is -0.160. The van der Waals surface area contributed by atoms with E-state index in [2.05, 4.69) is 11.9 Å². The summed E-state index contributed by atoms with van der Waals surface area (Å²) < 4.78 is 5.44. The highest BCUT2D eigenvalue weighted by Crippen LogP contribution is 2.45. The van der Waals surface area contributed by atoms with Crippen LogP contribution in [0, 0.1) is 5.41 Å². The predicted molar refractivity (Wildman–Crippen MR) is 67.8 cm³/mol. The van der Waals surface area contributed by atoms with Crippen molar-refractivity contribution in [1.82, 2.24) is 4.90 Å². The first-order valence-corrected chi connectivity index (χ1v) is 6.81. The highest BCUT2D eigenvalue weighted by atomic mass is 16.5. The molecule has 0 spiro atoms. The lowest BCUT2D eigenvalue weighted by Crippen LogP contribution is -2.55. The van der Waals surface area contributed by atoms with E-state index in [-0.39, 0.29) is 5.41 Å². The van der Waals surface area contributed by atoms with Gasteiger partial charge in [-0.15, -0.1) is 0 Å². The molecule has 100 valence electrons. The molecule has 0 saturated carbocycles. The fourth-order valence-corrected chi connectivity index (χ4v) is 3.41. The summed E-state index contributed by atoms with van der Waals surface area (Å²) in [6, 6.07) is 0. The Kier molecular flexibility index (Phi) is 4.08. The van der Waals surface area contributed by atoms with E-state index < -0.39 is 5.60 Å². The summed E-state index contributed by atoms with van der Waals surface area (Å²) in [6.45, 7) is 4.12. The van der Waals surface area contributed by atoms with Crippen LogP contribution in [0.4, 0.5) is 0 Å². The number of rotatable bonds is 2. The average Bonchev–Trinajstić information content (AvgIpc) is 2.53. The molecule has 3 N–H and O–H groups in total. The van der Waals surface area contributed by atoms with Gasteiger partial charge in [0.25, 0.3) is 0 Å². The van der Waals surface area contributed by atoms with Crippen LogP contribution in [0.15, 0.2) is 0 Å². The van der Waals surface area contributed by atoms with E-state index >= 15 is 0 Å². The largest absolute Gasteiger partial charge is 0.389 e. The molecular weight excluding hydrogens is 216 g/mol. The van der Waals surface area contributed by atoms with Crippen LogP contribution in [-0.4, -0.2) is 55.5 Å². The zero-order chi connectivity index (χ0) is 12.4. The zero-order valence-corrected chi connectivity index (χ0v) is 11.0. The van der Waals surface area contributed by atoms with E-state index in [0.29, 0.717) is 6.54 Å². The lowest BCUT2D eigenvalue weighted by molar-refractivity contribution is -0.135. The second-order valence-electron chi connectivity index (χ2n) is 5.79. The van der Waals surface area contributed by atoms with E-state index in [1.54, 1.807) is 0 Å². The zero-order valence-electron chi connectivity index (χ0n) is 11.0. The number of aliphatic hydroxyl groups is 1. The van der Waals surface area contributed by atoms with Crippen molar-refractivity contribution in [2.75, 3.05) is 39.9 Å². The van der Waals surface area contributed by atoms with Crippen molar-refractivity contribution in [3.05, 3.63) is 0 Å². The van der Waals surface area contributed by atoms with E-state index in [1.807, 2.05) is 0 Å². The van der Waals surface area contributed by atoms with Crippen molar-refractivity contribution in [3.8, 4) is 0 Å². The number of nitrogens with zero attached hydrogens (tertiary/aromatic N) is 1. The first kappa shape index (κ1) is 13.3. The molecule has 0 bridgehead atoms. The van der Waals surface area contributed by atoms with E-state index in [4.69, 9.17) is 10.5 Å². The molecule has 17 heavy (non-hydrogen) atoms. The quantitative estimate of drug-likeness (QED) is 0.744. The highest BCUT2D eigenvalue weighted by Gasteiger charge is 2.49. The summed E-state index contributed by atoms with van der Waals surface area (Å²) in [5.74, 6) is 0. The standard InChI is InChI=1S/C13H26N2O2/c1-15-7-2-3-13(16,4-8-15)12(11-14)5-9-17-10-6-12/h16H,2-11,14H2,1H3. The van der Waals surface area contributed by atoms with Crippen molar-refractivity contribution >= 4 is 0 Å². The lowest BCUT2D eigenvalue weighted by Gasteiger charge is -2.49. The SMILES string of the molecule is CN1CCCC(O)(C2(CN)CCOCC2)CC1. The highest BCUT2D eigenvalue weighted by molar-refractivity contribution is 5.02. The maximum Gasteiger partial charge on any atom is 0.0730 e. The van der Waals surface area contributed by atoms with Gasteiger partial charge in [0.05, 0.1) is 5.60 Å². The minimum absolute atomic E-state index is 0.115. The molecule has 2 aliphatic heterocycles. The van der Waals surface area contributed by atoms with Gasteiger partial charge in [-0.1, -0.05) is 0 Å². The molecule has 0 aliphatic carbocycles. The van der Waals surface area contributed by atoms with Gasteiger partial charge >= 0.3 is 0 Å². The normalized spacial score (nSPS) is 35.5. The molecule has 2 aliphatic rings. The molecule has 1 unspecified atom stereocenters. The molecule has 0 radical (unpaired) electrons. The molecule has 1 atom stereocenters. The molecule has 0 aromatic heterocycles. The van der Waals surface area contributed by atoms with Gasteiger partial charge in [0.2, 0.25) is 0 Å². The number of nitrogens with two attached hydrogens (primary N) is 1. The van der Waals surface area contributed by atoms with Crippen LogP contribution in [0.1, 0.15) is 32.1 Å². The van der Waals surface area contributed by atoms with Gasteiger partial charge in [-0.3, -0.25) is 0 Å². The molecule has 0 amide bonds. The summed E-state index contributed by atoms with van der Waals surface area (Å²) in [4.78, 5) is 2.31. The Morgan fingerprint density at radius 1 is 1.18 bits per heavy atom. The first-order chi connectivity index (χ1) is 8.12. The summed E-state index contributed by atoms with van der Waals surface area (Å²) in [5.41, 5.74) is 5.31. The summed E-state index contributed by atoms with van der Waals surface area (Å²) in [7, 11) is 2.13. The fraction of sp³-hybridized carbons (Fsp3) is 1.00. The van der Waals surface area contributed by atoms with Gasteiger partial charge in [0, 0.05) is 31.7 Å². The van der Waals surface area contributed by atoms with E-state index in [9.17, 15) is 5.11 Å². The second kappa shape index (κ2) is 5.22. The van der Waals surface area contributed by atoms with Crippen molar-refractivity contribution in [3.63, 3.8) is 0 Å². The molecular formula is C13H26N2O2. The molecule has 4 heteroatoms. The maximum atomic E-state index is 11.1. The summed E-state index contributed by atoms with van der Waals surface area (Å²) >= 11 is 0. The van der Waals surface area contributed by atoms with Gasteiger partial charge in [-0.05, 0) is 45.7 Å².